The number of hydrogen-bond acceptors (Lipinski definition) is 2. The van der Waals surface area contributed by atoms with Crippen LogP contribution < -0.4 is 5.32 Å². The second-order valence-corrected chi connectivity index (χ2v) is 6.09. The molecule has 0 aliphatic heterocycles. The van der Waals surface area contributed by atoms with Crippen molar-refractivity contribution in [3.8, 4) is 0 Å². The summed E-state index contributed by atoms with van der Waals surface area (Å²) in [6.45, 7) is 2.10. The number of halogens is 1. The number of carbonyl (C=O) groups is 1. The topological polar surface area (TPSA) is 49.3 Å². The molecule has 0 saturated heterocycles. The molecule has 0 heterocycles. The van der Waals surface area contributed by atoms with Gasteiger partial charge in [-0.15, -0.1) is 0 Å². The maximum absolute atomic E-state index is 13.7. The van der Waals surface area contributed by atoms with Gasteiger partial charge in [0.2, 0.25) is 5.91 Å². The van der Waals surface area contributed by atoms with Crippen molar-refractivity contribution in [1.29, 1.82) is 0 Å². The molecule has 1 fully saturated rings. The van der Waals surface area contributed by atoms with Crippen molar-refractivity contribution < 1.29 is 14.3 Å². The molecule has 0 radical (unpaired) electrons. The molecule has 23 heavy (non-hydrogen) atoms. The molecule has 3 unspecified atom stereocenters. The zero-order chi connectivity index (χ0) is 16.4. The highest BCUT2D eigenvalue weighted by Crippen LogP contribution is 2.48. The van der Waals surface area contributed by atoms with E-state index in [4.69, 9.17) is 0 Å². The van der Waals surface area contributed by atoms with Gasteiger partial charge in [-0.1, -0.05) is 42.5 Å². The standard InChI is InChI=1S/C19H20FNO2/c1-12-6-2-3-7-13(12)18(22)11-21-19(23)16-10-15(16)14-8-4-5-9-17(14)20/h2-9,15-16,18,22H,10-11H2,1H3,(H,21,23). The Morgan fingerprint density at radius 2 is 1.96 bits per heavy atom. The fourth-order valence-corrected chi connectivity index (χ4v) is 3.00. The minimum atomic E-state index is -0.731. The fourth-order valence-electron chi connectivity index (χ4n) is 3.00. The SMILES string of the molecule is Cc1ccccc1C(O)CNC(=O)C1CC1c1ccccc1F. The number of amides is 1. The smallest absolute Gasteiger partial charge is 0.223 e. The van der Waals surface area contributed by atoms with Crippen LogP contribution in [0.2, 0.25) is 0 Å². The van der Waals surface area contributed by atoms with E-state index in [-0.39, 0.29) is 30.1 Å². The molecule has 3 atom stereocenters. The van der Waals surface area contributed by atoms with E-state index in [1.165, 1.54) is 6.07 Å². The number of aryl methyl sites for hydroxylation is 1. The van der Waals surface area contributed by atoms with Crippen LogP contribution in [-0.2, 0) is 4.79 Å². The normalized spacial score (nSPS) is 20.8. The van der Waals surface area contributed by atoms with Gasteiger partial charge < -0.3 is 10.4 Å². The molecule has 0 spiro atoms. The third-order valence-corrected chi connectivity index (χ3v) is 4.45. The van der Waals surface area contributed by atoms with E-state index in [9.17, 15) is 14.3 Å². The lowest BCUT2D eigenvalue weighted by molar-refractivity contribution is -0.122. The molecule has 2 N–H and O–H groups in total. The first kappa shape index (κ1) is 15.7. The Kier molecular flexibility index (Phi) is 4.44. The number of benzene rings is 2. The van der Waals surface area contributed by atoms with Gasteiger partial charge in [-0.2, -0.15) is 0 Å². The van der Waals surface area contributed by atoms with Gasteiger partial charge in [0.1, 0.15) is 5.82 Å². The van der Waals surface area contributed by atoms with E-state index in [2.05, 4.69) is 5.32 Å². The maximum atomic E-state index is 13.7. The van der Waals surface area contributed by atoms with E-state index >= 15 is 0 Å². The molecule has 3 rings (SSSR count). The van der Waals surface area contributed by atoms with Crippen LogP contribution in [0.3, 0.4) is 0 Å². The quantitative estimate of drug-likeness (QED) is 0.891. The largest absolute Gasteiger partial charge is 0.387 e. The molecular formula is C19H20FNO2. The molecule has 4 heteroatoms. The second kappa shape index (κ2) is 6.50. The molecule has 0 aromatic heterocycles. The molecule has 1 saturated carbocycles. The van der Waals surface area contributed by atoms with Gasteiger partial charge in [-0.25, -0.2) is 4.39 Å². The molecule has 2 aromatic carbocycles. The van der Waals surface area contributed by atoms with Gasteiger partial charge in [0, 0.05) is 12.5 Å². The summed E-state index contributed by atoms with van der Waals surface area (Å²) in [5, 5.41) is 13.0. The minimum absolute atomic E-state index is 0.0493. The summed E-state index contributed by atoms with van der Waals surface area (Å²) in [6, 6.07) is 14.1. The number of nitrogens with one attached hydrogen (secondary N) is 1. The predicted octanol–water partition coefficient (Wildman–Crippen LogP) is 3.09. The zero-order valence-corrected chi connectivity index (χ0v) is 13.0. The average Bonchev–Trinajstić information content (AvgIpc) is 3.33. The van der Waals surface area contributed by atoms with Crippen LogP contribution in [0, 0.1) is 18.7 Å². The van der Waals surface area contributed by atoms with E-state index in [0.29, 0.717) is 12.0 Å². The summed E-state index contributed by atoms with van der Waals surface area (Å²) in [5.41, 5.74) is 2.41. The molecule has 1 amide bonds. The molecular weight excluding hydrogens is 293 g/mol. The number of aliphatic hydroxyl groups excluding tert-OH is 1. The molecule has 0 bridgehead atoms. The Morgan fingerprint density at radius 3 is 2.70 bits per heavy atom. The number of rotatable bonds is 5. The summed E-state index contributed by atoms with van der Waals surface area (Å²) >= 11 is 0. The van der Waals surface area contributed by atoms with Crippen molar-refractivity contribution in [3.63, 3.8) is 0 Å². The third-order valence-electron chi connectivity index (χ3n) is 4.45. The molecule has 1 aliphatic carbocycles. The highest BCUT2D eigenvalue weighted by molar-refractivity contribution is 5.82. The van der Waals surface area contributed by atoms with Gasteiger partial charge in [-0.3, -0.25) is 4.79 Å². The zero-order valence-electron chi connectivity index (χ0n) is 13.0. The van der Waals surface area contributed by atoms with Crippen LogP contribution in [0.5, 0.6) is 0 Å². The first-order chi connectivity index (χ1) is 11.1. The maximum Gasteiger partial charge on any atom is 0.223 e. The van der Waals surface area contributed by atoms with Gasteiger partial charge in [-0.05, 0) is 42.0 Å². The van der Waals surface area contributed by atoms with Crippen LogP contribution in [-0.4, -0.2) is 17.6 Å². The Labute approximate surface area is 135 Å². The lowest BCUT2D eigenvalue weighted by Gasteiger charge is -2.14. The van der Waals surface area contributed by atoms with Gasteiger partial charge >= 0.3 is 0 Å². The minimum Gasteiger partial charge on any atom is -0.387 e. The summed E-state index contributed by atoms with van der Waals surface area (Å²) in [5.74, 6) is -0.624. The van der Waals surface area contributed by atoms with Crippen molar-refractivity contribution in [1.82, 2.24) is 5.32 Å². The van der Waals surface area contributed by atoms with Crippen molar-refractivity contribution in [2.45, 2.75) is 25.4 Å². The second-order valence-electron chi connectivity index (χ2n) is 6.09. The van der Waals surface area contributed by atoms with Crippen molar-refractivity contribution >= 4 is 5.91 Å². The highest BCUT2D eigenvalue weighted by atomic mass is 19.1. The Bertz CT molecular complexity index is 716. The van der Waals surface area contributed by atoms with Crippen LogP contribution in [0.4, 0.5) is 4.39 Å². The lowest BCUT2D eigenvalue weighted by atomic mass is 10.0. The van der Waals surface area contributed by atoms with E-state index < -0.39 is 6.10 Å². The number of hydrogen-bond donors (Lipinski definition) is 2. The van der Waals surface area contributed by atoms with E-state index in [1.54, 1.807) is 18.2 Å². The lowest BCUT2D eigenvalue weighted by Crippen LogP contribution is -2.30. The van der Waals surface area contributed by atoms with Gasteiger partial charge in [0.05, 0.1) is 6.10 Å². The number of aliphatic hydroxyl groups is 1. The molecule has 3 nitrogen and oxygen atoms in total. The monoisotopic (exact) mass is 313 g/mol. The van der Waals surface area contributed by atoms with Crippen molar-refractivity contribution in [3.05, 3.63) is 71.0 Å². The van der Waals surface area contributed by atoms with Crippen LogP contribution in [0.1, 0.15) is 35.1 Å². The van der Waals surface area contributed by atoms with Gasteiger partial charge in [0.15, 0.2) is 0 Å². The van der Waals surface area contributed by atoms with Crippen LogP contribution >= 0.6 is 0 Å². The summed E-state index contributed by atoms with van der Waals surface area (Å²) in [6.07, 6.45) is -0.0708. The first-order valence-corrected chi connectivity index (χ1v) is 7.83. The van der Waals surface area contributed by atoms with Crippen molar-refractivity contribution in [2.75, 3.05) is 6.54 Å². The van der Waals surface area contributed by atoms with Crippen LogP contribution in [0.15, 0.2) is 48.5 Å². The first-order valence-electron chi connectivity index (χ1n) is 7.83. The average molecular weight is 313 g/mol. The van der Waals surface area contributed by atoms with Gasteiger partial charge in [0.25, 0.3) is 0 Å². The molecule has 2 aromatic rings. The predicted molar refractivity (Wildman–Crippen MR) is 86.4 cm³/mol. The highest BCUT2D eigenvalue weighted by Gasteiger charge is 2.45. The Balaban J connectivity index is 1.55. The summed E-state index contributed by atoms with van der Waals surface area (Å²) in [4.78, 5) is 12.2. The van der Waals surface area contributed by atoms with E-state index in [0.717, 1.165) is 11.1 Å². The summed E-state index contributed by atoms with van der Waals surface area (Å²) < 4.78 is 13.7. The Morgan fingerprint density at radius 1 is 1.26 bits per heavy atom. The molecule has 1 aliphatic rings. The fraction of sp³-hybridized carbons (Fsp3) is 0.316. The van der Waals surface area contributed by atoms with E-state index in [1.807, 2.05) is 31.2 Å². The van der Waals surface area contributed by atoms with Crippen molar-refractivity contribution in [2.24, 2.45) is 5.92 Å². The van der Waals surface area contributed by atoms with Crippen LogP contribution in [0.25, 0.3) is 0 Å². The number of carbonyl (C=O) groups excluding carboxylic acids is 1. The molecule has 120 valence electrons. The Hall–Kier alpha value is -2.20. The third kappa shape index (κ3) is 3.42. The summed E-state index contributed by atoms with van der Waals surface area (Å²) in [7, 11) is 0.